The van der Waals surface area contributed by atoms with Crippen molar-refractivity contribution in [1.82, 2.24) is 0 Å². The van der Waals surface area contributed by atoms with E-state index in [2.05, 4.69) is 6.07 Å². The van der Waals surface area contributed by atoms with E-state index in [0.717, 1.165) is 18.7 Å². The van der Waals surface area contributed by atoms with Crippen LogP contribution in [0.3, 0.4) is 0 Å². The largest absolute Gasteiger partial charge is 0.374 e. The number of benzene rings is 1. The Morgan fingerprint density at radius 3 is 2.93 bits per heavy atom. The van der Waals surface area contributed by atoms with E-state index in [4.69, 9.17) is 5.26 Å². The van der Waals surface area contributed by atoms with Gasteiger partial charge in [0.1, 0.15) is 5.82 Å². The fourth-order valence-electron chi connectivity index (χ4n) is 1.24. The van der Waals surface area contributed by atoms with Crippen molar-refractivity contribution >= 4 is 5.69 Å². The molecule has 0 amide bonds. The summed E-state index contributed by atoms with van der Waals surface area (Å²) in [5, 5.41) is 8.37. The molecule has 0 heterocycles. The van der Waals surface area contributed by atoms with Gasteiger partial charge >= 0.3 is 0 Å². The molecule has 1 aromatic carbocycles. The highest BCUT2D eigenvalue weighted by Crippen LogP contribution is 2.13. The quantitative estimate of drug-likeness (QED) is 0.685. The molecule has 0 radical (unpaired) electrons. The Morgan fingerprint density at radius 1 is 1.50 bits per heavy atom. The molecule has 1 rings (SSSR count). The number of halogens is 1. The molecule has 0 aromatic heterocycles. The topological polar surface area (TPSA) is 27.0 Å². The van der Waals surface area contributed by atoms with Gasteiger partial charge in [-0.25, -0.2) is 4.39 Å². The van der Waals surface area contributed by atoms with Crippen LogP contribution in [0, 0.1) is 17.1 Å². The zero-order valence-corrected chi connectivity index (χ0v) is 8.20. The molecule has 0 saturated carbocycles. The molecule has 0 saturated heterocycles. The lowest BCUT2D eigenvalue weighted by atomic mass is 10.2. The van der Waals surface area contributed by atoms with E-state index in [9.17, 15) is 4.39 Å². The van der Waals surface area contributed by atoms with Gasteiger partial charge in [-0.1, -0.05) is 6.07 Å². The molecule has 0 bridgehead atoms. The van der Waals surface area contributed by atoms with Crippen LogP contribution in [0.15, 0.2) is 24.3 Å². The van der Waals surface area contributed by atoms with Crippen molar-refractivity contribution in [3.63, 3.8) is 0 Å². The molecule has 0 N–H and O–H groups in total. The molecule has 2 nitrogen and oxygen atoms in total. The molecule has 0 spiro atoms. The molecule has 0 aliphatic rings. The predicted molar refractivity (Wildman–Crippen MR) is 54.5 cm³/mol. The first-order valence-corrected chi connectivity index (χ1v) is 4.57. The second-order valence-electron chi connectivity index (χ2n) is 3.16. The highest BCUT2D eigenvalue weighted by molar-refractivity contribution is 5.45. The van der Waals surface area contributed by atoms with E-state index in [1.807, 2.05) is 18.0 Å². The zero-order valence-electron chi connectivity index (χ0n) is 8.20. The van der Waals surface area contributed by atoms with Crippen LogP contribution >= 0.6 is 0 Å². The maximum Gasteiger partial charge on any atom is 0.125 e. The molecule has 1 aromatic rings. The second-order valence-corrected chi connectivity index (χ2v) is 3.16. The van der Waals surface area contributed by atoms with Crippen LogP contribution in [-0.4, -0.2) is 13.6 Å². The van der Waals surface area contributed by atoms with E-state index in [-0.39, 0.29) is 5.82 Å². The SMILES string of the molecule is CN(CCCC#N)c1cccc(F)c1. The number of unbranched alkanes of at least 4 members (excludes halogenated alkanes) is 1. The van der Waals surface area contributed by atoms with Crippen molar-refractivity contribution in [2.24, 2.45) is 0 Å². The number of nitriles is 1. The summed E-state index contributed by atoms with van der Waals surface area (Å²) in [5.41, 5.74) is 0.850. The average Bonchev–Trinajstić information content (AvgIpc) is 2.18. The average molecular weight is 192 g/mol. The molecule has 0 fully saturated rings. The first-order chi connectivity index (χ1) is 6.74. The van der Waals surface area contributed by atoms with Crippen LogP contribution in [0.2, 0.25) is 0 Å². The molecule has 3 heteroatoms. The Kier molecular flexibility index (Phi) is 3.93. The Hall–Kier alpha value is -1.56. The molecule has 0 atom stereocenters. The number of nitrogens with zero attached hydrogens (tertiary/aromatic N) is 2. The van der Waals surface area contributed by atoms with Gasteiger partial charge in [0.05, 0.1) is 6.07 Å². The Bertz CT molecular complexity index is 330. The third-order valence-electron chi connectivity index (χ3n) is 2.03. The minimum Gasteiger partial charge on any atom is -0.374 e. The first-order valence-electron chi connectivity index (χ1n) is 4.57. The summed E-state index contributed by atoms with van der Waals surface area (Å²) in [6.45, 7) is 0.775. The lowest BCUT2D eigenvalue weighted by Gasteiger charge is -2.18. The lowest BCUT2D eigenvalue weighted by Crippen LogP contribution is -2.18. The van der Waals surface area contributed by atoms with Gasteiger partial charge < -0.3 is 4.90 Å². The van der Waals surface area contributed by atoms with Crippen LogP contribution in [0.25, 0.3) is 0 Å². The van der Waals surface area contributed by atoms with E-state index >= 15 is 0 Å². The standard InChI is InChI=1S/C11H13FN2/c1-14(8-3-2-7-13)11-6-4-5-10(12)9-11/h4-6,9H,2-3,8H2,1H3. The van der Waals surface area contributed by atoms with Gasteiger partial charge in [0.25, 0.3) is 0 Å². The summed E-state index contributed by atoms with van der Waals surface area (Å²) >= 11 is 0. The van der Waals surface area contributed by atoms with Gasteiger partial charge in [-0.3, -0.25) is 0 Å². The van der Waals surface area contributed by atoms with Crippen molar-refractivity contribution in [2.75, 3.05) is 18.5 Å². The maximum absolute atomic E-state index is 12.8. The van der Waals surface area contributed by atoms with Gasteiger partial charge in [0.15, 0.2) is 0 Å². The van der Waals surface area contributed by atoms with Crippen molar-refractivity contribution in [1.29, 1.82) is 5.26 Å². The molecule has 0 unspecified atom stereocenters. The zero-order chi connectivity index (χ0) is 10.4. The molecule has 0 aliphatic carbocycles. The third-order valence-corrected chi connectivity index (χ3v) is 2.03. The van der Waals surface area contributed by atoms with Crippen molar-refractivity contribution < 1.29 is 4.39 Å². The van der Waals surface area contributed by atoms with Crippen LogP contribution < -0.4 is 4.90 Å². The van der Waals surface area contributed by atoms with Gasteiger partial charge in [-0.05, 0) is 24.6 Å². The molecule has 0 aliphatic heterocycles. The summed E-state index contributed by atoms with van der Waals surface area (Å²) < 4.78 is 12.8. The summed E-state index contributed by atoms with van der Waals surface area (Å²) in [5.74, 6) is -0.227. The van der Waals surface area contributed by atoms with Gasteiger partial charge in [0, 0.05) is 25.7 Å². The van der Waals surface area contributed by atoms with Crippen molar-refractivity contribution in [3.05, 3.63) is 30.1 Å². The van der Waals surface area contributed by atoms with Gasteiger partial charge in [0.2, 0.25) is 0 Å². The van der Waals surface area contributed by atoms with Gasteiger partial charge in [-0.15, -0.1) is 0 Å². The molecule has 74 valence electrons. The molecule has 14 heavy (non-hydrogen) atoms. The third kappa shape index (κ3) is 3.06. The summed E-state index contributed by atoms with van der Waals surface area (Å²) in [6.07, 6.45) is 1.35. The van der Waals surface area contributed by atoms with E-state index in [0.29, 0.717) is 6.42 Å². The van der Waals surface area contributed by atoms with Crippen LogP contribution in [-0.2, 0) is 0 Å². The molecular formula is C11H13FN2. The second kappa shape index (κ2) is 5.23. The van der Waals surface area contributed by atoms with E-state index in [1.165, 1.54) is 12.1 Å². The molecular weight excluding hydrogens is 179 g/mol. The predicted octanol–water partition coefficient (Wildman–Crippen LogP) is 2.57. The van der Waals surface area contributed by atoms with Crippen molar-refractivity contribution in [2.45, 2.75) is 12.8 Å². The van der Waals surface area contributed by atoms with E-state index < -0.39 is 0 Å². The number of hydrogen-bond donors (Lipinski definition) is 0. The fraction of sp³-hybridized carbons (Fsp3) is 0.364. The highest BCUT2D eigenvalue weighted by atomic mass is 19.1. The monoisotopic (exact) mass is 192 g/mol. The Labute approximate surface area is 83.6 Å². The maximum atomic E-state index is 12.8. The highest BCUT2D eigenvalue weighted by Gasteiger charge is 2.00. The minimum absolute atomic E-state index is 0.227. The smallest absolute Gasteiger partial charge is 0.125 e. The normalized spacial score (nSPS) is 9.50. The van der Waals surface area contributed by atoms with Crippen LogP contribution in [0.5, 0.6) is 0 Å². The van der Waals surface area contributed by atoms with Crippen molar-refractivity contribution in [3.8, 4) is 6.07 Å². The van der Waals surface area contributed by atoms with Gasteiger partial charge in [-0.2, -0.15) is 5.26 Å². The van der Waals surface area contributed by atoms with Crippen LogP contribution in [0.1, 0.15) is 12.8 Å². The Balaban J connectivity index is 2.52. The fourth-order valence-corrected chi connectivity index (χ4v) is 1.24. The summed E-state index contributed by atoms with van der Waals surface area (Å²) in [4.78, 5) is 1.94. The lowest BCUT2D eigenvalue weighted by molar-refractivity contribution is 0.627. The number of hydrogen-bond acceptors (Lipinski definition) is 2. The summed E-state index contributed by atoms with van der Waals surface area (Å²) in [7, 11) is 1.89. The Morgan fingerprint density at radius 2 is 2.29 bits per heavy atom. The summed E-state index contributed by atoms with van der Waals surface area (Å²) in [6, 6.07) is 8.54. The van der Waals surface area contributed by atoms with E-state index in [1.54, 1.807) is 6.07 Å². The van der Waals surface area contributed by atoms with Crippen LogP contribution in [0.4, 0.5) is 10.1 Å². The number of anilines is 1. The first kappa shape index (κ1) is 10.5. The number of rotatable bonds is 4. The minimum atomic E-state index is -0.227.